The van der Waals surface area contributed by atoms with Crippen molar-refractivity contribution in [3.05, 3.63) is 29.3 Å². The zero-order valence-electron chi connectivity index (χ0n) is 14.8. The highest BCUT2D eigenvalue weighted by molar-refractivity contribution is 5.74. The summed E-state index contributed by atoms with van der Waals surface area (Å²) in [4.78, 5) is 18.3. The van der Waals surface area contributed by atoms with Crippen LogP contribution in [0.3, 0.4) is 0 Å². The fourth-order valence-electron chi connectivity index (χ4n) is 3.17. The Bertz CT molecular complexity index is 585. The quantitative estimate of drug-likeness (QED) is 0.828. The van der Waals surface area contributed by atoms with Gasteiger partial charge in [0.2, 0.25) is 0 Å². The van der Waals surface area contributed by atoms with E-state index in [0.717, 1.165) is 44.2 Å². The molecule has 2 aliphatic heterocycles. The maximum Gasteiger partial charge on any atom is 0.320 e. The van der Waals surface area contributed by atoms with Crippen LogP contribution in [0.2, 0.25) is 0 Å². The molecule has 1 atom stereocenters. The third kappa shape index (κ3) is 3.82. The Balaban J connectivity index is 1.77. The third-order valence-electron chi connectivity index (χ3n) is 4.62. The lowest BCUT2D eigenvalue weighted by Gasteiger charge is -2.29. The van der Waals surface area contributed by atoms with Crippen molar-refractivity contribution in [1.29, 1.82) is 0 Å². The molecule has 0 N–H and O–H groups in total. The Morgan fingerprint density at radius 2 is 2.04 bits per heavy atom. The highest BCUT2D eigenvalue weighted by Crippen LogP contribution is 2.27. The molecule has 1 aromatic carbocycles. The predicted octanol–water partition coefficient (Wildman–Crippen LogP) is 1.78. The van der Waals surface area contributed by atoms with E-state index in [2.05, 4.69) is 17.0 Å². The molecule has 1 aromatic rings. The number of carbonyl (C=O) groups is 1. The first-order valence-electron chi connectivity index (χ1n) is 8.57. The summed E-state index contributed by atoms with van der Waals surface area (Å²) in [5.41, 5.74) is 2.34. The van der Waals surface area contributed by atoms with Gasteiger partial charge in [-0.15, -0.1) is 0 Å². The van der Waals surface area contributed by atoms with Gasteiger partial charge < -0.3 is 19.3 Å². The van der Waals surface area contributed by atoms with Gasteiger partial charge in [-0.25, -0.2) is 4.79 Å². The number of rotatable bonds is 2. The fraction of sp³-hybridized carbons (Fsp3) is 0.611. The molecule has 1 fully saturated rings. The van der Waals surface area contributed by atoms with Gasteiger partial charge in [0, 0.05) is 39.3 Å². The zero-order chi connectivity index (χ0) is 17.1. The molecule has 2 heterocycles. The molecule has 0 bridgehead atoms. The lowest BCUT2D eigenvalue weighted by Crippen LogP contribution is -2.45. The molecule has 0 aliphatic carbocycles. The molecule has 0 radical (unpaired) electrons. The van der Waals surface area contributed by atoms with Gasteiger partial charge in [0.15, 0.2) is 0 Å². The summed E-state index contributed by atoms with van der Waals surface area (Å²) in [5.74, 6) is 0.890. The average Bonchev–Trinajstić information content (AvgIpc) is 2.74. The van der Waals surface area contributed by atoms with E-state index in [1.165, 1.54) is 5.56 Å². The molecule has 0 unspecified atom stereocenters. The number of benzene rings is 1. The Hall–Kier alpha value is -1.79. The highest BCUT2D eigenvalue weighted by Gasteiger charge is 2.27. The van der Waals surface area contributed by atoms with Crippen LogP contribution >= 0.6 is 0 Å². The summed E-state index contributed by atoms with van der Waals surface area (Å²) >= 11 is 0. The first-order valence-corrected chi connectivity index (χ1v) is 8.57. The van der Waals surface area contributed by atoms with Gasteiger partial charge in [0.25, 0.3) is 0 Å². The van der Waals surface area contributed by atoms with E-state index in [1.807, 2.05) is 17.9 Å². The molecule has 2 aliphatic rings. The number of ether oxygens (including phenoxy) is 2. The Morgan fingerprint density at radius 1 is 1.29 bits per heavy atom. The van der Waals surface area contributed by atoms with Crippen molar-refractivity contribution < 1.29 is 14.3 Å². The van der Waals surface area contributed by atoms with Gasteiger partial charge in [-0.1, -0.05) is 6.07 Å². The van der Waals surface area contributed by atoms with Gasteiger partial charge >= 0.3 is 6.03 Å². The average molecular weight is 333 g/mol. The van der Waals surface area contributed by atoms with E-state index in [9.17, 15) is 4.79 Å². The number of urea groups is 1. The smallest absolute Gasteiger partial charge is 0.320 e. The van der Waals surface area contributed by atoms with Crippen LogP contribution in [0, 0.1) is 0 Å². The topological polar surface area (TPSA) is 45.3 Å². The highest BCUT2D eigenvalue weighted by atomic mass is 16.5. The second kappa shape index (κ2) is 7.40. The summed E-state index contributed by atoms with van der Waals surface area (Å²) in [5, 5.41) is 0. The second-order valence-electron chi connectivity index (χ2n) is 6.80. The third-order valence-corrected chi connectivity index (χ3v) is 4.62. The molecular weight excluding hydrogens is 306 g/mol. The van der Waals surface area contributed by atoms with Gasteiger partial charge in [-0.3, -0.25) is 4.90 Å². The van der Waals surface area contributed by atoms with Crippen LogP contribution in [-0.4, -0.2) is 73.8 Å². The molecule has 0 saturated carbocycles. The van der Waals surface area contributed by atoms with Crippen LogP contribution < -0.4 is 4.74 Å². The van der Waals surface area contributed by atoms with Crippen molar-refractivity contribution in [2.45, 2.75) is 26.1 Å². The number of fused-ring (bicyclic) bond motifs is 1. The molecule has 132 valence electrons. The van der Waals surface area contributed by atoms with Gasteiger partial charge in [-0.2, -0.15) is 0 Å². The lowest BCUT2D eigenvalue weighted by atomic mass is 10.1. The van der Waals surface area contributed by atoms with Crippen LogP contribution in [-0.2, 0) is 17.8 Å². The van der Waals surface area contributed by atoms with E-state index >= 15 is 0 Å². The standard InChI is InChI=1S/C18H27N3O3/c1-14-13-24-17-5-4-15(11-20-6-8-23-9-7-20)10-16(17)12-21(14)18(22)19(2)3/h4-5,10,14H,6-9,11-13H2,1-3H3/t14-/m0/s1. The first-order chi connectivity index (χ1) is 11.5. The largest absolute Gasteiger partial charge is 0.491 e. The number of nitrogens with zero attached hydrogens (tertiary/aromatic N) is 3. The summed E-state index contributed by atoms with van der Waals surface area (Å²) in [7, 11) is 3.58. The van der Waals surface area contributed by atoms with E-state index in [-0.39, 0.29) is 12.1 Å². The normalized spacial score (nSPS) is 21.6. The first kappa shape index (κ1) is 17.0. The molecule has 6 heteroatoms. The molecule has 1 saturated heterocycles. The van der Waals surface area contributed by atoms with E-state index in [0.29, 0.717) is 13.2 Å². The second-order valence-corrected chi connectivity index (χ2v) is 6.80. The van der Waals surface area contributed by atoms with Crippen molar-refractivity contribution in [3.63, 3.8) is 0 Å². The van der Waals surface area contributed by atoms with E-state index in [1.54, 1.807) is 19.0 Å². The van der Waals surface area contributed by atoms with Gasteiger partial charge in [0.05, 0.1) is 25.8 Å². The van der Waals surface area contributed by atoms with E-state index < -0.39 is 0 Å². The molecule has 6 nitrogen and oxygen atoms in total. The van der Waals surface area contributed by atoms with Crippen LogP contribution in [0.4, 0.5) is 4.79 Å². The molecule has 24 heavy (non-hydrogen) atoms. The van der Waals surface area contributed by atoms with Crippen molar-refractivity contribution in [3.8, 4) is 5.75 Å². The fourth-order valence-corrected chi connectivity index (χ4v) is 3.17. The van der Waals surface area contributed by atoms with Crippen LogP contribution in [0.5, 0.6) is 5.75 Å². The number of amides is 2. The van der Waals surface area contributed by atoms with Gasteiger partial charge in [0.1, 0.15) is 12.4 Å². The van der Waals surface area contributed by atoms with Crippen LogP contribution in [0.1, 0.15) is 18.1 Å². The van der Waals surface area contributed by atoms with E-state index in [4.69, 9.17) is 9.47 Å². The minimum Gasteiger partial charge on any atom is -0.491 e. The summed E-state index contributed by atoms with van der Waals surface area (Å²) in [6.07, 6.45) is 0. The maximum atomic E-state index is 12.4. The lowest BCUT2D eigenvalue weighted by molar-refractivity contribution is 0.0342. The number of hydrogen-bond donors (Lipinski definition) is 0. The Kier molecular flexibility index (Phi) is 5.26. The van der Waals surface area contributed by atoms with Crippen molar-refractivity contribution in [2.24, 2.45) is 0 Å². The van der Waals surface area contributed by atoms with Crippen molar-refractivity contribution in [1.82, 2.24) is 14.7 Å². The van der Waals surface area contributed by atoms with Crippen LogP contribution in [0.25, 0.3) is 0 Å². The SMILES string of the molecule is C[C@H]1COc2ccc(CN3CCOCC3)cc2CN1C(=O)N(C)C. The van der Waals surface area contributed by atoms with Crippen LogP contribution in [0.15, 0.2) is 18.2 Å². The molecular formula is C18H27N3O3. The monoisotopic (exact) mass is 333 g/mol. The summed E-state index contributed by atoms with van der Waals surface area (Å²) < 4.78 is 11.3. The number of carbonyl (C=O) groups excluding carboxylic acids is 1. The number of morpholine rings is 1. The molecule has 3 rings (SSSR count). The molecule has 0 spiro atoms. The Labute approximate surface area is 143 Å². The minimum atomic E-state index is 0.0255. The number of hydrogen-bond acceptors (Lipinski definition) is 4. The Morgan fingerprint density at radius 3 is 2.75 bits per heavy atom. The molecule has 2 amide bonds. The van der Waals surface area contributed by atoms with Crippen molar-refractivity contribution >= 4 is 6.03 Å². The van der Waals surface area contributed by atoms with Crippen molar-refractivity contribution in [2.75, 3.05) is 47.0 Å². The summed E-state index contributed by atoms with van der Waals surface area (Å²) in [6.45, 7) is 7.59. The minimum absolute atomic E-state index is 0.0255. The van der Waals surface area contributed by atoms with Gasteiger partial charge in [-0.05, 0) is 24.6 Å². The summed E-state index contributed by atoms with van der Waals surface area (Å²) in [6, 6.07) is 6.43. The predicted molar refractivity (Wildman–Crippen MR) is 92.1 cm³/mol. The molecule has 0 aromatic heterocycles. The maximum absolute atomic E-state index is 12.4. The zero-order valence-corrected chi connectivity index (χ0v) is 14.8.